The molecule has 1 atom stereocenters. The Kier molecular flexibility index (Phi) is 4.53. The number of hydrogen-bond acceptors (Lipinski definition) is 3. The lowest BCUT2D eigenvalue weighted by Gasteiger charge is -2.22. The molecule has 0 aliphatic rings. The average Bonchev–Trinajstić information content (AvgIpc) is 2.40. The summed E-state index contributed by atoms with van der Waals surface area (Å²) in [6, 6.07) is 2.22. The quantitative estimate of drug-likeness (QED) is 0.938. The van der Waals surface area contributed by atoms with E-state index in [1.54, 1.807) is 4.57 Å². The van der Waals surface area contributed by atoms with Gasteiger partial charge in [0.1, 0.15) is 11.4 Å². The van der Waals surface area contributed by atoms with Crippen molar-refractivity contribution in [2.45, 2.75) is 13.0 Å². The predicted octanol–water partition coefficient (Wildman–Crippen LogP) is 2.61. The molecule has 118 valence electrons. The van der Waals surface area contributed by atoms with Gasteiger partial charge < -0.3 is 14.6 Å². The molecule has 0 saturated carbocycles. The van der Waals surface area contributed by atoms with Crippen molar-refractivity contribution in [3.63, 3.8) is 0 Å². The van der Waals surface area contributed by atoms with E-state index in [4.69, 9.17) is 11.6 Å². The van der Waals surface area contributed by atoms with Crippen LogP contribution in [0.3, 0.4) is 0 Å². The minimum Gasteiger partial charge on any atom is -0.477 e. The van der Waals surface area contributed by atoms with E-state index in [0.29, 0.717) is 12.1 Å². The van der Waals surface area contributed by atoms with Gasteiger partial charge in [-0.25, -0.2) is 9.18 Å². The van der Waals surface area contributed by atoms with Crippen LogP contribution in [-0.2, 0) is 0 Å². The molecule has 22 heavy (non-hydrogen) atoms. The number of rotatable bonds is 4. The molecule has 1 heterocycles. The number of hydrogen-bond donors (Lipinski definition) is 1. The summed E-state index contributed by atoms with van der Waals surface area (Å²) in [5, 5.41) is 9.09. The Morgan fingerprint density at radius 2 is 2.09 bits per heavy atom. The third kappa shape index (κ3) is 2.98. The fourth-order valence-electron chi connectivity index (χ4n) is 2.48. The summed E-state index contributed by atoms with van der Waals surface area (Å²) >= 11 is 5.81. The number of pyridine rings is 1. The second-order valence-electron chi connectivity index (χ2n) is 5.48. The Bertz CT molecular complexity index is 801. The molecule has 1 aromatic heterocycles. The Balaban J connectivity index is 2.83. The molecule has 0 aliphatic heterocycles. The lowest BCUT2D eigenvalue weighted by molar-refractivity contribution is 0.0694. The highest BCUT2D eigenvalue weighted by atomic mass is 35.5. The molecular weight excluding hydrogens is 311 g/mol. The smallest absolute Gasteiger partial charge is 0.341 e. The normalized spacial score (nSPS) is 12.8. The van der Waals surface area contributed by atoms with Gasteiger partial charge in [0.05, 0.1) is 10.5 Å². The van der Waals surface area contributed by atoms with Crippen LogP contribution in [0, 0.1) is 5.82 Å². The number of benzene rings is 1. The molecule has 0 spiro atoms. The van der Waals surface area contributed by atoms with E-state index in [2.05, 4.69) is 0 Å². The van der Waals surface area contributed by atoms with E-state index >= 15 is 0 Å². The standard InChI is InChI=1S/C15H16ClFN2O3/c1-8(6-18(2)3)19-7-10(15(21)22)14(20)9-4-12(17)11(16)5-13(9)19/h4-5,7-8H,6H2,1-3H3,(H,21,22). The van der Waals surface area contributed by atoms with Crippen LogP contribution in [0.15, 0.2) is 23.1 Å². The summed E-state index contributed by atoms with van der Waals surface area (Å²) in [6.07, 6.45) is 1.29. The van der Waals surface area contributed by atoms with Gasteiger partial charge in [-0.05, 0) is 33.2 Å². The summed E-state index contributed by atoms with van der Waals surface area (Å²) < 4.78 is 15.3. The van der Waals surface area contributed by atoms with Gasteiger partial charge in [-0.3, -0.25) is 4.79 Å². The van der Waals surface area contributed by atoms with Gasteiger partial charge in [0.25, 0.3) is 0 Å². The molecule has 0 fully saturated rings. The number of aromatic nitrogens is 1. The first kappa shape index (κ1) is 16.5. The number of halogens is 2. The fraction of sp³-hybridized carbons (Fsp3) is 0.333. The molecule has 0 bridgehead atoms. The van der Waals surface area contributed by atoms with Crippen molar-refractivity contribution < 1.29 is 14.3 Å². The number of aromatic carboxylic acids is 1. The fourth-order valence-corrected chi connectivity index (χ4v) is 2.64. The number of likely N-dealkylation sites (N-methyl/N-ethyl adjacent to an activating group) is 1. The summed E-state index contributed by atoms with van der Waals surface area (Å²) in [5.74, 6) is -2.09. The van der Waals surface area contributed by atoms with E-state index in [9.17, 15) is 19.1 Å². The van der Waals surface area contributed by atoms with Crippen molar-refractivity contribution >= 4 is 28.5 Å². The van der Waals surface area contributed by atoms with Crippen LogP contribution >= 0.6 is 11.6 Å². The highest BCUT2D eigenvalue weighted by Crippen LogP contribution is 2.24. The highest BCUT2D eigenvalue weighted by molar-refractivity contribution is 6.31. The number of fused-ring (bicyclic) bond motifs is 1. The second kappa shape index (κ2) is 6.06. The summed E-state index contributed by atoms with van der Waals surface area (Å²) in [5.41, 5.74) is -0.693. The van der Waals surface area contributed by atoms with Crippen molar-refractivity contribution in [1.82, 2.24) is 9.47 Å². The number of carboxylic acid groups (broad SMARTS) is 1. The molecule has 2 aromatic rings. The van der Waals surface area contributed by atoms with Gasteiger partial charge in [0.2, 0.25) is 5.43 Å². The van der Waals surface area contributed by atoms with Crippen molar-refractivity contribution in [1.29, 1.82) is 0 Å². The van der Waals surface area contributed by atoms with Gasteiger partial charge in [0, 0.05) is 24.2 Å². The maximum atomic E-state index is 13.7. The topological polar surface area (TPSA) is 62.5 Å². The Labute approximate surface area is 131 Å². The Morgan fingerprint density at radius 3 is 2.64 bits per heavy atom. The second-order valence-corrected chi connectivity index (χ2v) is 5.89. The average molecular weight is 327 g/mol. The number of carboxylic acids is 1. The third-order valence-corrected chi connectivity index (χ3v) is 3.70. The van der Waals surface area contributed by atoms with E-state index in [0.717, 1.165) is 6.07 Å². The van der Waals surface area contributed by atoms with Crippen LogP contribution in [0.5, 0.6) is 0 Å². The van der Waals surface area contributed by atoms with E-state index in [1.807, 2.05) is 25.9 Å². The highest BCUT2D eigenvalue weighted by Gasteiger charge is 2.19. The van der Waals surface area contributed by atoms with Crippen molar-refractivity contribution in [3.05, 3.63) is 45.0 Å². The SMILES string of the molecule is CC(CN(C)C)n1cc(C(=O)O)c(=O)c2cc(F)c(Cl)cc21. The van der Waals surface area contributed by atoms with E-state index < -0.39 is 17.2 Å². The van der Waals surface area contributed by atoms with Crippen molar-refractivity contribution in [2.24, 2.45) is 0 Å². The van der Waals surface area contributed by atoms with Gasteiger partial charge in [-0.15, -0.1) is 0 Å². The summed E-state index contributed by atoms with van der Waals surface area (Å²) in [7, 11) is 3.76. The molecule has 5 nitrogen and oxygen atoms in total. The maximum Gasteiger partial charge on any atom is 0.341 e. The van der Waals surface area contributed by atoms with Crippen molar-refractivity contribution in [3.8, 4) is 0 Å². The van der Waals surface area contributed by atoms with Crippen LogP contribution in [-0.4, -0.2) is 41.2 Å². The zero-order valence-corrected chi connectivity index (χ0v) is 13.2. The van der Waals surface area contributed by atoms with Gasteiger partial charge >= 0.3 is 5.97 Å². The minimum absolute atomic E-state index is 0.00686. The zero-order chi connectivity index (χ0) is 16.6. The Morgan fingerprint density at radius 1 is 1.45 bits per heavy atom. The number of carbonyl (C=O) groups is 1. The minimum atomic E-state index is -1.34. The third-order valence-electron chi connectivity index (χ3n) is 3.41. The summed E-state index contributed by atoms with van der Waals surface area (Å²) in [6.45, 7) is 2.50. The molecule has 0 amide bonds. The molecule has 0 saturated heterocycles. The molecule has 1 unspecified atom stereocenters. The molecule has 0 radical (unpaired) electrons. The molecule has 2 rings (SSSR count). The molecule has 1 N–H and O–H groups in total. The predicted molar refractivity (Wildman–Crippen MR) is 83.4 cm³/mol. The Hall–Kier alpha value is -1.92. The van der Waals surface area contributed by atoms with E-state index in [1.165, 1.54) is 12.3 Å². The van der Waals surface area contributed by atoms with Crippen LogP contribution in [0.4, 0.5) is 4.39 Å². The zero-order valence-electron chi connectivity index (χ0n) is 12.4. The van der Waals surface area contributed by atoms with Crippen LogP contribution < -0.4 is 5.43 Å². The molecular formula is C15H16ClFN2O3. The lowest BCUT2D eigenvalue weighted by Crippen LogP contribution is -2.26. The number of nitrogens with zero attached hydrogens (tertiary/aromatic N) is 2. The van der Waals surface area contributed by atoms with Gasteiger partial charge in [-0.2, -0.15) is 0 Å². The van der Waals surface area contributed by atoms with Gasteiger partial charge in [-0.1, -0.05) is 11.6 Å². The molecule has 1 aromatic carbocycles. The largest absolute Gasteiger partial charge is 0.477 e. The van der Waals surface area contributed by atoms with Crippen LogP contribution in [0.2, 0.25) is 5.02 Å². The monoisotopic (exact) mass is 326 g/mol. The molecule has 0 aliphatic carbocycles. The summed E-state index contributed by atoms with van der Waals surface area (Å²) in [4.78, 5) is 25.4. The van der Waals surface area contributed by atoms with Crippen LogP contribution in [0.1, 0.15) is 23.3 Å². The molecule has 7 heteroatoms. The first-order valence-electron chi connectivity index (χ1n) is 6.64. The lowest BCUT2D eigenvalue weighted by atomic mass is 10.1. The first-order chi connectivity index (χ1) is 10.2. The van der Waals surface area contributed by atoms with Crippen LogP contribution in [0.25, 0.3) is 10.9 Å². The van der Waals surface area contributed by atoms with E-state index in [-0.39, 0.29) is 22.0 Å². The maximum absolute atomic E-state index is 13.7. The first-order valence-corrected chi connectivity index (χ1v) is 7.02. The van der Waals surface area contributed by atoms with Gasteiger partial charge in [0.15, 0.2) is 0 Å². The van der Waals surface area contributed by atoms with Crippen molar-refractivity contribution in [2.75, 3.05) is 20.6 Å².